The zero-order chi connectivity index (χ0) is 33.1. The van der Waals surface area contributed by atoms with E-state index in [4.69, 9.17) is 4.74 Å². The number of carbonyl (C=O) groups excluding carboxylic acids is 2. The van der Waals surface area contributed by atoms with E-state index in [0.717, 1.165) is 30.2 Å². The van der Waals surface area contributed by atoms with Gasteiger partial charge in [0.05, 0.1) is 5.92 Å². The summed E-state index contributed by atoms with van der Waals surface area (Å²) < 4.78 is 50.3. The summed E-state index contributed by atoms with van der Waals surface area (Å²) in [4.78, 5) is 25.9. The molecule has 1 fully saturated rings. The summed E-state index contributed by atoms with van der Waals surface area (Å²) in [6.45, 7) is 5.60. The maximum absolute atomic E-state index is 15.2. The number of hydrogen-bond donors (Lipinski definition) is 0. The molecule has 3 aromatic carbocycles. The molecule has 7 heteroatoms. The molecule has 0 N–H and O–H groups in total. The molecule has 248 valence electrons. The molecule has 0 radical (unpaired) electrons. The predicted molar refractivity (Wildman–Crippen MR) is 180 cm³/mol. The molecule has 0 saturated heterocycles. The Morgan fingerprint density at radius 1 is 0.804 bits per heavy atom. The molecule has 1 aliphatic carbocycles. The summed E-state index contributed by atoms with van der Waals surface area (Å²) in [6, 6.07) is 19.4. The van der Waals surface area contributed by atoms with E-state index in [2.05, 4.69) is 43.3 Å². The zero-order valence-corrected chi connectivity index (χ0v) is 28.2. The first kappa shape index (κ1) is 35.8. The number of halogens is 3. The first-order valence-electron chi connectivity index (χ1n) is 16.9. The number of Topliss-reactive ketones (excluding diaryl/α,β-unsaturated/α-hetero) is 1. The van der Waals surface area contributed by atoms with E-state index in [9.17, 15) is 14.0 Å². The molecule has 4 rings (SSSR count). The van der Waals surface area contributed by atoms with Gasteiger partial charge in [-0.3, -0.25) is 9.59 Å². The van der Waals surface area contributed by atoms with E-state index in [1.807, 2.05) is 12.1 Å². The maximum atomic E-state index is 15.2. The van der Waals surface area contributed by atoms with Crippen LogP contribution in [0.2, 0.25) is 0 Å². The van der Waals surface area contributed by atoms with Gasteiger partial charge in [-0.2, -0.15) is 8.78 Å². The molecule has 46 heavy (non-hydrogen) atoms. The minimum atomic E-state index is -3.59. The van der Waals surface area contributed by atoms with E-state index in [-0.39, 0.29) is 53.6 Å². The Labute approximate surface area is 276 Å². The predicted octanol–water partition coefficient (Wildman–Crippen LogP) is 11.0. The van der Waals surface area contributed by atoms with Crippen LogP contribution in [0.3, 0.4) is 0 Å². The van der Waals surface area contributed by atoms with Gasteiger partial charge in [-0.1, -0.05) is 88.2 Å². The largest absolute Gasteiger partial charge is 0.429 e. The van der Waals surface area contributed by atoms with Crippen LogP contribution >= 0.6 is 11.8 Å². The monoisotopic (exact) mass is 652 g/mol. The number of ether oxygens (including phenoxy) is 1. The number of unbranched alkanes of at least 4 members (excludes halogenated alkanes) is 3. The Bertz CT molecular complexity index is 1430. The van der Waals surface area contributed by atoms with Crippen LogP contribution in [0.15, 0.2) is 65.6 Å². The molecule has 0 bridgehead atoms. The molecular formula is C39H47F3O3S. The summed E-state index contributed by atoms with van der Waals surface area (Å²) in [5.41, 5.74) is 4.32. The third-order valence-corrected chi connectivity index (χ3v) is 10.1. The standard InChI is InChI=1S/C39H47F3O3S/c1-4-7-8-9-10-27-11-13-28(14-12-27)15-16-29-17-23-34(24-18-29)46-38(44)31-19-21-33(22-20-31)39(41,42)45-37-30(5-2)25-32(26-35(37)40)36(43)6-3/h11-14,17-18,23-26,31,33H,4-10,15-16,19-22H2,1-3H3. The molecule has 1 saturated carbocycles. The third-order valence-electron chi connectivity index (χ3n) is 9.10. The normalized spacial score (nSPS) is 16.7. The van der Waals surface area contributed by atoms with Gasteiger partial charge in [0.1, 0.15) is 0 Å². The van der Waals surface area contributed by atoms with Crippen molar-refractivity contribution < 1.29 is 27.5 Å². The second kappa shape index (κ2) is 17.2. The number of benzene rings is 3. The Morgan fingerprint density at radius 3 is 1.96 bits per heavy atom. The van der Waals surface area contributed by atoms with Crippen molar-refractivity contribution in [2.24, 2.45) is 11.8 Å². The number of carbonyl (C=O) groups is 2. The summed E-state index contributed by atoms with van der Waals surface area (Å²) in [6.07, 6.45) is 5.83. The van der Waals surface area contributed by atoms with Crippen LogP contribution < -0.4 is 4.74 Å². The minimum Gasteiger partial charge on any atom is -0.429 e. The second-order valence-electron chi connectivity index (χ2n) is 12.5. The number of rotatable bonds is 16. The maximum Gasteiger partial charge on any atom is 0.400 e. The Kier molecular flexibility index (Phi) is 13.4. The lowest BCUT2D eigenvalue weighted by Gasteiger charge is -2.33. The van der Waals surface area contributed by atoms with Gasteiger partial charge in [0.15, 0.2) is 22.5 Å². The van der Waals surface area contributed by atoms with Crippen LogP contribution in [0.25, 0.3) is 0 Å². The Hall–Kier alpha value is -3.06. The molecule has 0 amide bonds. The smallest absolute Gasteiger partial charge is 0.400 e. The van der Waals surface area contributed by atoms with Crippen LogP contribution in [-0.2, 0) is 30.5 Å². The van der Waals surface area contributed by atoms with E-state index in [1.165, 1.54) is 60.2 Å². The Morgan fingerprint density at radius 2 is 1.39 bits per heavy atom. The SMILES string of the molecule is CCCCCCc1ccc(CCc2ccc(SC(=O)C3CCC(C(F)(F)Oc4c(F)cc(C(=O)CC)cc4CC)CC3)cc2)cc1. The fraction of sp³-hybridized carbons (Fsp3) is 0.487. The highest BCUT2D eigenvalue weighted by Crippen LogP contribution is 2.43. The molecule has 3 aromatic rings. The van der Waals surface area contributed by atoms with Crippen molar-refractivity contribution >= 4 is 22.7 Å². The average molecular weight is 653 g/mol. The summed E-state index contributed by atoms with van der Waals surface area (Å²) >= 11 is 1.17. The molecule has 0 atom stereocenters. The van der Waals surface area contributed by atoms with Gasteiger partial charge in [-0.15, -0.1) is 0 Å². The van der Waals surface area contributed by atoms with Crippen molar-refractivity contribution in [3.8, 4) is 5.75 Å². The molecule has 0 aromatic heterocycles. The minimum absolute atomic E-state index is 0.0132. The highest BCUT2D eigenvalue weighted by Gasteiger charge is 2.45. The first-order valence-corrected chi connectivity index (χ1v) is 17.8. The highest BCUT2D eigenvalue weighted by atomic mass is 32.2. The van der Waals surface area contributed by atoms with E-state index >= 15 is 8.78 Å². The lowest BCUT2D eigenvalue weighted by atomic mass is 9.82. The highest BCUT2D eigenvalue weighted by molar-refractivity contribution is 8.13. The Balaban J connectivity index is 1.24. The van der Waals surface area contributed by atoms with Crippen molar-refractivity contribution in [3.63, 3.8) is 0 Å². The van der Waals surface area contributed by atoms with E-state index < -0.39 is 23.6 Å². The number of alkyl halides is 2. The quantitative estimate of drug-likeness (QED) is 0.0877. The van der Waals surface area contributed by atoms with Gasteiger partial charge in [0.25, 0.3) is 0 Å². The number of thioether (sulfide) groups is 1. The summed E-state index contributed by atoms with van der Waals surface area (Å²) in [7, 11) is 0. The molecule has 0 spiro atoms. The average Bonchev–Trinajstić information content (AvgIpc) is 3.07. The molecule has 0 unspecified atom stereocenters. The molecular weight excluding hydrogens is 605 g/mol. The molecule has 3 nitrogen and oxygen atoms in total. The number of ketones is 1. The van der Waals surface area contributed by atoms with E-state index in [0.29, 0.717) is 12.8 Å². The van der Waals surface area contributed by atoms with Gasteiger partial charge in [0.2, 0.25) is 0 Å². The van der Waals surface area contributed by atoms with Gasteiger partial charge >= 0.3 is 6.11 Å². The third kappa shape index (κ3) is 9.97. The number of aryl methyl sites for hydroxylation is 4. The lowest BCUT2D eigenvalue weighted by molar-refractivity contribution is -0.224. The van der Waals surface area contributed by atoms with Crippen LogP contribution in [0, 0.1) is 17.7 Å². The van der Waals surface area contributed by atoms with Gasteiger partial charge in [-0.05, 0) is 104 Å². The topological polar surface area (TPSA) is 43.4 Å². The summed E-state index contributed by atoms with van der Waals surface area (Å²) in [5.74, 6) is -3.14. The number of hydrogen-bond acceptors (Lipinski definition) is 4. The van der Waals surface area contributed by atoms with Gasteiger partial charge in [0, 0.05) is 22.8 Å². The fourth-order valence-corrected chi connectivity index (χ4v) is 7.02. The summed E-state index contributed by atoms with van der Waals surface area (Å²) in [5, 5.41) is -0.0132. The van der Waals surface area contributed by atoms with Crippen molar-refractivity contribution in [2.45, 2.75) is 115 Å². The van der Waals surface area contributed by atoms with E-state index in [1.54, 1.807) is 13.8 Å². The van der Waals surface area contributed by atoms with Crippen LogP contribution in [0.1, 0.15) is 111 Å². The first-order chi connectivity index (χ1) is 22.1. The van der Waals surface area contributed by atoms with Crippen LogP contribution in [0.4, 0.5) is 13.2 Å². The van der Waals surface area contributed by atoms with Crippen LogP contribution in [0.5, 0.6) is 5.75 Å². The lowest BCUT2D eigenvalue weighted by Crippen LogP contribution is -2.38. The van der Waals surface area contributed by atoms with Crippen molar-refractivity contribution in [1.82, 2.24) is 0 Å². The molecule has 1 aliphatic rings. The zero-order valence-electron chi connectivity index (χ0n) is 27.4. The van der Waals surface area contributed by atoms with Crippen molar-refractivity contribution in [3.05, 3.63) is 94.3 Å². The van der Waals surface area contributed by atoms with Crippen molar-refractivity contribution in [2.75, 3.05) is 0 Å². The fourth-order valence-electron chi connectivity index (χ4n) is 6.12. The second-order valence-corrected chi connectivity index (χ2v) is 13.6. The van der Waals surface area contributed by atoms with Crippen molar-refractivity contribution in [1.29, 1.82) is 0 Å². The molecule has 0 aliphatic heterocycles. The van der Waals surface area contributed by atoms with Gasteiger partial charge in [-0.25, -0.2) is 4.39 Å². The van der Waals surface area contributed by atoms with Gasteiger partial charge < -0.3 is 4.74 Å². The molecule has 0 heterocycles. The van der Waals surface area contributed by atoms with Crippen LogP contribution in [-0.4, -0.2) is 17.0 Å².